The van der Waals surface area contributed by atoms with E-state index in [1.54, 1.807) is 24.4 Å². The normalized spacial score (nSPS) is 19.1. The zero-order chi connectivity index (χ0) is 13.2. The van der Waals surface area contributed by atoms with Crippen LogP contribution in [-0.4, -0.2) is 27.6 Å². The van der Waals surface area contributed by atoms with E-state index in [-0.39, 0.29) is 11.3 Å². The van der Waals surface area contributed by atoms with Crippen molar-refractivity contribution in [2.24, 2.45) is 5.92 Å². The Morgan fingerprint density at radius 2 is 2.42 bits per heavy atom. The molecule has 3 heterocycles. The average molecular weight is 259 g/mol. The minimum Gasteiger partial charge on any atom is -0.504 e. The Morgan fingerprint density at radius 3 is 3.21 bits per heavy atom. The lowest BCUT2D eigenvalue weighted by molar-refractivity contribution is 0.476. The van der Waals surface area contributed by atoms with E-state index in [4.69, 9.17) is 0 Å². The summed E-state index contributed by atoms with van der Waals surface area (Å²) in [6, 6.07) is 4.75. The molecule has 0 amide bonds. The number of nitrogens with zero attached hydrogens (tertiary/aromatic N) is 2. The first kappa shape index (κ1) is 12.2. The third-order valence-electron chi connectivity index (χ3n) is 3.69. The molecule has 0 saturated carbocycles. The van der Waals surface area contributed by atoms with Gasteiger partial charge in [0.1, 0.15) is 0 Å². The predicted molar refractivity (Wildman–Crippen MR) is 72.4 cm³/mol. The second-order valence-electron chi connectivity index (χ2n) is 5.07. The lowest BCUT2D eigenvalue weighted by Crippen LogP contribution is -2.16. The van der Waals surface area contributed by atoms with Gasteiger partial charge in [0, 0.05) is 18.0 Å². The van der Waals surface area contributed by atoms with E-state index in [0.717, 1.165) is 31.6 Å². The van der Waals surface area contributed by atoms with Crippen LogP contribution < -0.4 is 10.9 Å². The van der Waals surface area contributed by atoms with Crippen molar-refractivity contribution in [3.63, 3.8) is 0 Å². The fraction of sp³-hybridized carbons (Fsp3) is 0.429. The SMILES string of the molecule is O=c1cc(CCC2CCNC2)nc2c(O)cccn12. The standard InChI is InChI=1S/C14H17N3O2/c18-12-2-1-7-17-13(19)8-11(16-14(12)17)4-3-10-5-6-15-9-10/h1-2,7-8,10,15,18H,3-6,9H2. The molecule has 2 N–H and O–H groups in total. The van der Waals surface area contributed by atoms with Gasteiger partial charge in [-0.2, -0.15) is 0 Å². The number of rotatable bonds is 3. The van der Waals surface area contributed by atoms with Crippen molar-refractivity contribution in [1.29, 1.82) is 0 Å². The van der Waals surface area contributed by atoms with Crippen LogP contribution in [0.15, 0.2) is 29.2 Å². The molecule has 5 nitrogen and oxygen atoms in total. The van der Waals surface area contributed by atoms with Gasteiger partial charge < -0.3 is 10.4 Å². The summed E-state index contributed by atoms with van der Waals surface area (Å²) in [5, 5.41) is 13.1. The van der Waals surface area contributed by atoms with Crippen molar-refractivity contribution in [2.75, 3.05) is 13.1 Å². The van der Waals surface area contributed by atoms with Crippen molar-refractivity contribution in [3.8, 4) is 5.75 Å². The van der Waals surface area contributed by atoms with Crippen molar-refractivity contribution in [3.05, 3.63) is 40.4 Å². The molecule has 1 unspecified atom stereocenters. The molecule has 2 aromatic heterocycles. The fourth-order valence-electron chi connectivity index (χ4n) is 2.60. The molecule has 0 bridgehead atoms. The summed E-state index contributed by atoms with van der Waals surface area (Å²) in [6.07, 6.45) is 4.63. The number of aromatic nitrogens is 2. The summed E-state index contributed by atoms with van der Waals surface area (Å²) in [5.74, 6) is 0.716. The molecule has 1 atom stereocenters. The number of hydrogen-bond donors (Lipinski definition) is 2. The predicted octanol–water partition coefficient (Wildman–Crippen LogP) is 0.942. The third kappa shape index (κ3) is 2.46. The summed E-state index contributed by atoms with van der Waals surface area (Å²) in [4.78, 5) is 16.3. The monoisotopic (exact) mass is 259 g/mol. The minimum absolute atomic E-state index is 0.0454. The lowest BCUT2D eigenvalue weighted by Gasteiger charge is -2.08. The topological polar surface area (TPSA) is 66.6 Å². The van der Waals surface area contributed by atoms with Crippen molar-refractivity contribution >= 4 is 5.65 Å². The summed E-state index contributed by atoms with van der Waals surface area (Å²) in [7, 11) is 0. The highest BCUT2D eigenvalue weighted by molar-refractivity contribution is 5.52. The van der Waals surface area contributed by atoms with E-state index in [1.165, 1.54) is 10.8 Å². The number of fused-ring (bicyclic) bond motifs is 1. The van der Waals surface area contributed by atoms with Gasteiger partial charge in [-0.1, -0.05) is 0 Å². The Kier molecular flexibility index (Phi) is 3.21. The van der Waals surface area contributed by atoms with Gasteiger partial charge in [-0.15, -0.1) is 0 Å². The Bertz CT molecular complexity index is 645. The van der Waals surface area contributed by atoms with Gasteiger partial charge in [0.2, 0.25) is 0 Å². The molecule has 1 aliphatic heterocycles. The lowest BCUT2D eigenvalue weighted by atomic mass is 10.0. The van der Waals surface area contributed by atoms with Crippen LogP contribution in [0.4, 0.5) is 0 Å². The summed E-state index contributed by atoms with van der Waals surface area (Å²) >= 11 is 0. The Hall–Kier alpha value is -1.88. The Labute approximate surface area is 110 Å². The van der Waals surface area contributed by atoms with Gasteiger partial charge in [0.15, 0.2) is 11.4 Å². The molecular formula is C14H17N3O2. The molecule has 1 saturated heterocycles. The maximum absolute atomic E-state index is 11.9. The third-order valence-corrected chi connectivity index (χ3v) is 3.69. The van der Waals surface area contributed by atoms with Crippen LogP contribution in [0.2, 0.25) is 0 Å². The zero-order valence-corrected chi connectivity index (χ0v) is 10.7. The first-order valence-corrected chi connectivity index (χ1v) is 6.65. The van der Waals surface area contributed by atoms with Crippen molar-refractivity contribution in [1.82, 2.24) is 14.7 Å². The maximum atomic E-state index is 11.9. The molecule has 0 aliphatic carbocycles. The molecule has 0 spiro atoms. The fourth-order valence-corrected chi connectivity index (χ4v) is 2.60. The molecule has 2 aromatic rings. The highest BCUT2D eigenvalue weighted by Gasteiger charge is 2.15. The van der Waals surface area contributed by atoms with Crippen LogP contribution in [-0.2, 0) is 6.42 Å². The first-order valence-electron chi connectivity index (χ1n) is 6.65. The van der Waals surface area contributed by atoms with E-state index in [9.17, 15) is 9.90 Å². The van der Waals surface area contributed by atoms with E-state index >= 15 is 0 Å². The number of nitrogens with one attached hydrogen (secondary N) is 1. The van der Waals surface area contributed by atoms with Gasteiger partial charge >= 0.3 is 0 Å². The Morgan fingerprint density at radius 1 is 1.53 bits per heavy atom. The van der Waals surface area contributed by atoms with Crippen molar-refractivity contribution < 1.29 is 5.11 Å². The Balaban J connectivity index is 1.87. The number of pyridine rings is 1. The van der Waals surface area contributed by atoms with Crippen LogP contribution in [0.5, 0.6) is 5.75 Å². The molecule has 100 valence electrons. The average Bonchev–Trinajstić information content (AvgIpc) is 2.91. The van der Waals surface area contributed by atoms with Gasteiger partial charge in [-0.05, 0) is 50.4 Å². The van der Waals surface area contributed by atoms with Gasteiger partial charge in [0.05, 0.1) is 0 Å². The van der Waals surface area contributed by atoms with Crippen LogP contribution in [0.25, 0.3) is 5.65 Å². The van der Waals surface area contributed by atoms with E-state index < -0.39 is 0 Å². The zero-order valence-electron chi connectivity index (χ0n) is 10.7. The molecule has 19 heavy (non-hydrogen) atoms. The van der Waals surface area contributed by atoms with Gasteiger partial charge in [0.25, 0.3) is 5.56 Å². The number of hydrogen-bond acceptors (Lipinski definition) is 4. The molecular weight excluding hydrogens is 242 g/mol. The number of aryl methyl sites for hydroxylation is 1. The smallest absolute Gasteiger partial charge is 0.258 e. The summed E-state index contributed by atoms with van der Waals surface area (Å²) < 4.78 is 1.37. The minimum atomic E-state index is -0.138. The molecule has 3 rings (SSSR count). The molecule has 0 aromatic carbocycles. The van der Waals surface area contributed by atoms with Crippen LogP contribution in [0.1, 0.15) is 18.5 Å². The molecule has 1 aliphatic rings. The highest BCUT2D eigenvalue weighted by Crippen LogP contribution is 2.17. The van der Waals surface area contributed by atoms with Crippen LogP contribution in [0.3, 0.4) is 0 Å². The largest absolute Gasteiger partial charge is 0.504 e. The van der Waals surface area contributed by atoms with Crippen molar-refractivity contribution in [2.45, 2.75) is 19.3 Å². The van der Waals surface area contributed by atoms with E-state index in [2.05, 4.69) is 10.3 Å². The molecule has 5 heteroatoms. The quantitative estimate of drug-likeness (QED) is 0.861. The van der Waals surface area contributed by atoms with Crippen LogP contribution in [0, 0.1) is 5.92 Å². The van der Waals surface area contributed by atoms with Gasteiger partial charge in [-0.25, -0.2) is 4.98 Å². The van der Waals surface area contributed by atoms with E-state index in [0.29, 0.717) is 11.6 Å². The second-order valence-corrected chi connectivity index (χ2v) is 5.07. The first-order chi connectivity index (χ1) is 9.24. The number of aromatic hydroxyl groups is 1. The summed E-state index contributed by atoms with van der Waals surface area (Å²) in [6.45, 7) is 2.14. The van der Waals surface area contributed by atoms with Gasteiger partial charge in [-0.3, -0.25) is 9.20 Å². The van der Waals surface area contributed by atoms with Crippen LogP contribution >= 0.6 is 0 Å². The molecule has 1 fully saturated rings. The summed E-state index contributed by atoms with van der Waals surface area (Å²) in [5.41, 5.74) is 0.966. The van der Waals surface area contributed by atoms with E-state index in [1.807, 2.05) is 0 Å². The second kappa shape index (κ2) is 5.01. The molecule has 0 radical (unpaired) electrons. The maximum Gasteiger partial charge on any atom is 0.258 e. The highest BCUT2D eigenvalue weighted by atomic mass is 16.3.